The van der Waals surface area contributed by atoms with Crippen molar-refractivity contribution >= 4 is 0 Å². The molecule has 0 atom stereocenters. The predicted octanol–water partition coefficient (Wildman–Crippen LogP) is 3.33. The first-order valence-corrected chi connectivity index (χ1v) is 4.76. The third kappa shape index (κ3) is 1.09. The van der Waals surface area contributed by atoms with Crippen LogP contribution in [-0.2, 0) is 0 Å². The zero-order valence-corrected chi connectivity index (χ0v) is 6.73. The van der Waals surface area contributed by atoms with Crippen LogP contribution in [0.3, 0.4) is 0 Å². The lowest BCUT2D eigenvalue weighted by molar-refractivity contribution is 0.274. The molecule has 2 rings (SSSR count). The lowest BCUT2D eigenvalue weighted by Gasteiger charge is -2.32. The van der Waals surface area contributed by atoms with Crippen molar-refractivity contribution in [1.29, 1.82) is 0 Å². The molecule has 0 aromatic heterocycles. The van der Waals surface area contributed by atoms with Gasteiger partial charge in [0.15, 0.2) is 0 Å². The highest BCUT2D eigenvalue weighted by atomic mass is 14.4. The summed E-state index contributed by atoms with van der Waals surface area (Å²) in [5.41, 5.74) is 0.748. The Hall–Kier alpha value is 0. The topological polar surface area (TPSA) is 0 Å². The Morgan fingerprint density at radius 2 is 1.40 bits per heavy atom. The molecule has 1 radical (unpaired) electrons. The van der Waals surface area contributed by atoms with Crippen LogP contribution in [0.25, 0.3) is 0 Å². The van der Waals surface area contributed by atoms with Crippen molar-refractivity contribution in [3.8, 4) is 0 Å². The van der Waals surface area contributed by atoms with Gasteiger partial charge >= 0.3 is 0 Å². The summed E-state index contributed by atoms with van der Waals surface area (Å²) in [5.74, 6) is 0. The van der Waals surface area contributed by atoms with E-state index in [0.29, 0.717) is 0 Å². The first-order valence-electron chi connectivity index (χ1n) is 4.76. The fourth-order valence-corrected chi connectivity index (χ4v) is 2.66. The smallest absolute Gasteiger partial charge is 0.0266 e. The average Bonchev–Trinajstić information content (AvgIpc) is 2.39. The average molecular weight is 137 g/mol. The van der Waals surface area contributed by atoms with E-state index in [1.165, 1.54) is 51.4 Å². The molecule has 0 unspecified atom stereocenters. The Bertz CT molecular complexity index is 101. The zero-order chi connectivity index (χ0) is 6.86. The molecule has 0 amide bonds. The van der Waals surface area contributed by atoms with Gasteiger partial charge in [0.1, 0.15) is 0 Å². The molecule has 10 heavy (non-hydrogen) atoms. The minimum absolute atomic E-state index is 0.748. The molecule has 2 aliphatic carbocycles. The molecule has 0 bridgehead atoms. The van der Waals surface area contributed by atoms with Crippen LogP contribution in [0.2, 0.25) is 0 Å². The molecule has 57 valence electrons. The van der Waals surface area contributed by atoms with Gasteiger partial charge in [0.25, 0.3) is 0 Å². The molecule has 0 N–H and O–H groups in total. The molecule has 1 spiro atoms. The van der Waals surface area contributed by atoms with Gasteiger partial charge in [0.05, 0.1) is 0 Å². The fraction of sp³-hybridized carbons (Fsp3) is 0.900. The second-order valence-electron chi connectivity index (χ2n) is 4.02. The van der Waals surface area contributed by atoms with Crippen molar-refractivity contribution in [1.82, 2.24) is 0 Å². The highest BCUT2D eigenvalue weighted by molar-refractivity contribution is 4.98. The minimum Gasteiger partial charge on any atom is -0.0530 e. The van der Waals surface area contributed by atoms with Gasteiger partial charge in [-0.15, -0.1) is 0 Å². The molecule has 0 saturated heterocycles. The SMILES string of the molecule is [CH]1CCCCC12CCCC2. The maximum Gasteiger partial charge on any atom is -0.0266 e. The first kappa shape index (κ1) is 6.69. The van der Waals surface area contributed by atoms with Gasteiger partial charge in [0, 0.05) is 0 Å². The molecule has 0 heteroatoms. The van der Waals surface area contributed by atoms with Crippen LogP contribution < -0.4 is 0 Å². The predicted molar refractivity (Wildman–Crippen MR) is 43.7 cm³/mol. The largest absolute Gasteiger partial charge is 0.0530 e. The van der Waals surface area contributed by atoms with Crippen LogP contribution in [0.5, 0.6) is 0 Å². The Labute approximate surface area is 64.0 Å². The molecule has 0 aliphatic heterocycles. The van der Waals surface area contributed by atoms with Crippen molar-refractivity contribution < 1.29 is 0 Å². The van der Waals surface area contributed by atoms with Gasteiger partial charge in [-0.2, -0.15) is 0 Å². The van der Waals surface area contributed by atoms with E-state index in [-0.39, 0.29) is 0 Å². The highest BCUT2D eigenvalue weighted by Crippen LogP contribution is 2.47. The lowest BCUT2D eigenvalue weighted by atomic mass is 9.73. The molecule has 2 saturated carbocycles. The van der Waals surface area contributed by atoms with Crippen LogP contribution in [0.15, 0.2) is 0 Å². The summed E-state index contributed by atoms with van der Waals surface area (Å²) in [5, 5.41) is 0. The molecular weight excluding hydrogens is 120 g/mol. The van der Waals surface area contributed by atoms with Crippen LogP contribution in [0.1, 0.15) is 51.4 Å². The second-order valence-corrected chi connectivity index (χ2v) is 4.02. The molecule has 0 aromatic rings. The Morgan fingerprint density at radius 3 is 1.90 bits per heavy atom. The van der Waals surface area contributed by atoms with E-state index >= 15 is 0 Å². The second kappa shape index (κ2) is 2.56. The summed E-state index contributed by atoms with van der Waals surface area (Å²) >= 11 is 0. The van der Waals surface area contributed by atoms with E-state index in [2.05, 4.69) is 6.42 Å². The molecule has 0 heterocycles. The van der Waals surface area contributed by atoms with Gasteiger partial charge in [-0.05, 0) is 37.5 Å². The molecule has 0 aromatic carbocycles. The monoisotopic (exact) mass is 137 g/mol. The first-order chi connectivity index (χ1) is 4.91. The van der Waals surface area contributed by atoms with E-state index in [4.69, 9.17) is 0 Å². The lowest BCUT2D eigenvalue weighted by Crippen LogP contribution is -2.20. The summed E-state index contributed by atoms with van der Waals surface area (Å²) in [7, 11) is 0. The van der Waals surface area contributed by atoms with Gasteiger partial charge in [-0.25, -0.2) is 0 Å². The van der Waals surface area contributed by atoms with E-state index in [1.807, 2.05) is 0 Å². The van der Waals surface area contributed by atoms with Crippen molar-refractivity contribution in [2.45, 2.75) is 51.4 Å². The van der Waals surface area contributed by atoms with Gasteiger partial charge in [0.2, 0.25) is 0 Å². The Balaban J connectivity index is 1.98. The van der Waals surface area contributed by atoms with E-state index in [1.54, 1.807) is 0 Å². The summed E-state index contributed by atoms with van der Waals surface area (Å²) in [4.78, 5) is 0. The summed E-state index contributed by atoms with van der Waals surface area (Å²) in [6, 6.07) is 0. The third-order valence-electron chi connectivity index (χ3n) is 3.31. The summed E-state index contributed by atoms with van der Waals surface area (Å²) in [6.07, 6.45) is 14.5. The maximum absolute atomic E-state index is 2.63. The van der Waals surface area contributed by atoms with E-state index in [0.717, 1.165) is 5.41 Å². The van der Waals surface area contributed by atoms with Crippen LogP contribution >= 0.6 is 0 Å². The van der Waals surface area contributed by atoms with Gasteiger partial charge in [-0.3, -0.25) is 0 Å². The van der Waals surface area contributed by atoms with Crippen LogP contribution in [0, 0.1) is 11.8 Å². The van der Waals surface area contributed by atoms with E-state index < -0.39 is 0 Å². The maximum atomic E-state index is 2.63. The number of hydrogen-bond donors (Lipinski definition) is 0. The quantitative estimate of drug-likeness (QED) is 0.480. The molecule has 2 aliphatic rings. The Morgan fingerprint density at radius 1 is 0.800 bits per heavy atom. The molecule has 0 nitrogen and oxygen atoms in total. The van der Waals surface area contributed by atoms with Crippen molar-refractivity contribution in [2.24, 2.45) is 5.41 Å². The molecule has 2 fully saturated rings. The summed E-state index contributed by atoms with van der Waals surface area (Å²) < 4.78 is 0. The van der Waals surface area contributed by atoms with E-state index in [9.17, 15) is 0 Å². The summed E-state index contributed by atoms with van der Waals surface area (Å²) in [6.45, 7) is 0. The fourth-order valence-electron chi connectivity index (χ4n) is 2.66. The van der Waals surface area contributed by atoms with Crippen molar-refractivity contribution in [3.63, 3.8) is 0 Å². The third-order valence-corrected chi connectivity index (χ3v) is 3.31. The molecular formula is C10H17. The Kier molecular flexibility index (Phi) is 1.71. The number of rotatable bonds is 0. The standard InChI is InChI=1S/C10H17/c1-2-6-10(7-3-1)8-4-5-9-10/h6H,1-5,7-9H2. The van der Waals surface area contributed by atoms with Crippen LogP contribution in [-0.4, -0.2) is 0 Å². The van der Waals surface area contributed by atoms with Gasteiger partial charge < -0.3 is 0 Å². The van der Waals surface area contributed by atoms with Crippen LogP contribution in [0.4, 0.5) is 0 Å². The zero-order valence-electron chi connectivity index (χ0n) is 6.73. The number of hydrogen-bond acceptors (Lipinski definition) is 0. The minimum atomic E-state index is 0.748. The van der Waals surface area contributed by atoms with Crippen molar-refractivity contribution in [2.75, 3.05) is 0 Å². The highest BCUT2D eigenvalue weighted by Gasteiger charge is 2.34. The van der Waals surface area contributed by atoms with Gasteiger partial charge in [-0.1, -0.05) is 25.7 Å². The van der Waals surface area contributed by atoms with Crippen molar-refractivity contribution in [3.05, 3.63) is 6.42 Å². The normalized spacial score (nSPS) is 31.2.